The van der Waals surface area contributed by atoms with Gasteiger partial charge in [0.2, 0.25) is 0 Å². The van der Waals surface area contributed by atoms with Gasteiger partial charge in [-0.05, 0) is 5.56 Å². The first-order valence-corrected chi connectivity index (χ1v) is 5.66. The molecule has 76 valence electrons. The Kier molecular flexibility index (Phi) is 1.98. The Labute approximate surface area is 96.4 Å². The quantitative estimate of drug-likeness (QED) is 0.580. The van der Waals surface area contributed by atoms with E-state index in [1.807, 2.05) is 46.3 Å². The molecule has 2 heterocycles. The van der Waals surface area contributed by atoms with Crippen LogP contribution in [0.5, 0.6) is 0 Å². The number of fused-ring (bicyclic) bond motifs is 1. The highest BCUT2D eigenvalue weighted by atomic mass is 32.1. The average molecular weight is 225 g/mol. The van der Waals surface area contributed by atoms with Gasteiger partial charge in [0.15, 0.2) is 0 Å². The number of thiazole rings is 1. The third kappa shape index (κ3) is 1.23. The van der Waals surface area contributed by atoms with Gasteiger partial charge in [-0.3, -0.25) is 0 Å². The minimum atomic E-state index is 0.586. The lowest BCUT2D eigenvalue weighted by Crippen LogP contribution is -1.77. The Bertz CT molecular complexity index is 673. The van der Waals surface area contributed by atoms with Crippen LogP contribution in [0.1, 0.15) is 0 Å². The fourth-order valence-corrected chi connectivity index (χ4v) is 2.38. The molecule has 0 unspecified atom stereocenters. The largest absolute Gasteiger partial charge is 0.361 e. The second-order valence-corrected chi connectivity index (χ2v) is 4.19. The van der Waals surface area contributed by atoms with Crippen LogP contribution in [0.4, 0.5) is 5.82 Å². The van der Waals surface area contributed by atoms with E-state index in [9.17, 15) is 0 Å². The van der Waals surface area contributed by atoms with E-state index in [-0.39, 0.29) is 0 Å². The van der Waals surface area contributed by atoms with Crippen molar-refractivity contribution >= 4 is 22.1 Å². The van der Waals surface area contributed by atoms with Gasteiger partial charge >= 0.3 is 0 Å². The normalized spacial score (nSPS) is 10.4. The topological polar surface area (TPSA) is 21.7 Å². The predicted molar refractivity (Wildman–Crippen MR) is 64.8 cm³/mol. The summed E-state index contributed by atoms with van der Waals surface area (Å²) in [6.07, 6.45) is 1.88. The Balaban J connectivity index is 2.32. The van der Waals surface area contributed by atoms with Crippen LogP contribution in [-0.4, -0.2) is 9.38 Å². The molecule has 0 amide bonds. The van der Waals surface area contributed by atoms with Gasteiger partial charge in [-0.2, -0.15) is 0 Å². The van der Waals surface area contributed by atoms with Crippen molar-refractivity contribution in [1.82, 2.24) is 9.38 Å². The van der Waals surface area contributed by atoms with Crippen LogP contribution in [0.3, 0.4) is 0 Å². The SMILES string of the molecule is [C-]#[N+]c1c(-c2ccccc2)nc2sccn12. The summed E-state index contributed by atoms with van der Waals surface area (Å²) in [5, 5.41) is 1.94. The van der Waals surface area contributed by atoms with Crippen LogP contribution in [0.2, 0.25) is 0 Å². The third-order valence-electron chi connectivity index (χ3n) is 2.39. The summed E-state index contributed by atoms with van der Waals surface area (Å²) in [6, 6.07) is 9.81. The van der Waals surface area contributed by atoms with Gasteiger partial charge in [-0.15, -0.1) is 0 Å². The summed E-state index contributed by atoms with van der Waals surface area (Å²) < 4.78 is 1.83. The minimum absolute atomic E-state index is 0.586. The van der Waals surface area contributed by atoms with E-state index < -0.39 is 0 Å². The molecule has 0 radical (unpaired) electrons. The lowest BCUT2D eigenvalue weighted by Gasteiger charge is -1.96. The van der Waals surface area contributed by atoms with Gasteiger partial charge < -0.3 is 4.85 Å². The lowest BCUT2D eigenvalue weighted by atomic mass is 10.1. The molecule has 0 aliphatic rings. The highest BCUT2D eigenvalue weighted by Crippen LogP contribution is 2.32. The zero-order chi connectivity index (χ0) is 11.0. The number of aromatic nitrogens is 2. The van der Waals surface area contributed by atoms with Crippen LogP contribution >= 0.6 is 11.3 Å². The summed E-state index contributed by atoms with van der Waals surface area (Å²) in [4.78, 5) is 8.91. The first kappa shape index (κ1) is 9.13. The van der Waals surface area contributed by atoms with Gasteiger partial charge in [0.05, 0.1) is 11.9 Å². The molecular weight excluding hydrogens is 218 g/mol. The summed E-state index contributed by atoms with van der Waals surface area (Å²) in [7, 11) is 0. The summed E-state index contributed by atoms with van der Waals surface area (Å²) in [5.41, 5.74) is 1.76. The van der Waals surface area contributed by atoms with E-state index in [4.69, 9.17) is 6.57 Å². The highest BCUT2D eigenvalue weighted by molar-refractivity contribution is 7.15. The third-order valence-corrected chi connectivity index (χ3v) is 3.15. The molecule has 0 bridgehead atoms. The van der Waals surface area contributed by atoms with Crippen molar-refractivity contribution < 1.29 is 0 Å². The molecule has 3 nitrogen and oxygen atoms in total. The zero-order valence-corrected chi connectivity index (χ0v) is 9.11. The summed E-state index contributed by atoms with van der Waals surface area (Å²) in [6.45, 7) is 7.24. The van der Waals surface area contributed by atoms with E-state index in [0.29, 0.717) is 5.82 Å². The number of hydrogen-bond donors (Lipinski definition) is 0. The second-order valence-electron chi connectivity index (χ2n) is 3.32. The molecule has 3 aromatic rings. The van der Waals surface area contributed by atoms with E-state index >= 15 is 0 Å². The van der Waals surface area contributed by atoms with Crippen molar-refractivity contribution in [3.63, 3.8) is 0 Å². The molecule has 0 spiro atoms. The van der Waals surface area contributed by atoms with Crippen LogP contribution in [-0.2, 0) is 0 Å². The molecule has 3 rings (SSSR count). The number of rotatable bonds is 1. The van der Waals surface area contributed by atoms with Crippen molar-refractivity contribution in [3.8, 4) is 11.3 Å². The monoisotopic (exact) mass is 225 g/mol. The lowest BCUT2D eigenvalue weighted by molar-refractivity contribution is 1.25. The Morgan fingerprint density at radius 1 is 1.25 bits per heavy atom. The zero-order valence-electron chi connectivity index (χ0n) is 8.29. The van der Waals surface area contributed by atoms with Gasteiger partial charge in [0.25, 0.3) is 10.8 Å². The second kappa shape index (κ2) is 3.47. The Morgan fingerprint density at radius 3 is 2.81 bits per heavy atom. The molecule has 0 aliphatic carbocycles. The smallest absolute Gasteiger partial charge is 0.267 e. The fraction of sp³-hybridized carbons (Fsp3) is 0. The van der Waals surface area contributed by atoms with E-state index in [2.05, 4.69) is 9.83 Å². The average Bonchev–Trinajstić information content (AvgIpc) is 2.89. The molecule has 0 saturated carbocycles. The van der Waals surface area contributed by atoms with E-state index in [1.165, 1.54) is 0 Å². The molecule has 2 aromatic heterocycles. The van der Waals surface area contributed by atoms with Gasteiger partial charge in [-0.25, -0.2) is 9.38 Å². The number of imidazole rings is 1. The Hall–Kier alpha value is -2.12. The van der Waals surface area contributed by atoms with Gasteiger partial charge in [-0.1, -0.05) is 48.2 Å². The predicted octanol–water partition coefficient (Wildman–Crippen LogP) is 3.61. The molecule has 16 heavy (non-hydrogen) atoms. The van der Waals surface area contributed by atoms with Crippen molar-refractivity contribution in [3.05, 3.63) is 53.3 Å². The van der Waals surface area contributed by atoms with Crippen LogP contribution in [0.25, 0.3) is 21.1 Å². The maximum Gasteiger partial charge on any atom is 0.267 e. The molecule has 1 aromatic carbocycles. The van der Waals surface area contributed by atoms with Crippen molar-refractivity contribution in [2.24, 2.45) is 0 Å². The van der Waals surface area contributed by atoms with Crippen molar-refractivity contribution in [1.29, 1.82) is 0 Å². The summed E-state index contributed by atoms with van der Waals surface area (Å²) >= 11 is 1.54. The first-order valence-electron chi connectivity index (χ1n) is 4.78. The number of nitrogens with zero attached hydrogens (tertiary/aromatic N) is 3. The highest BCUT2D eigenvalue weighted by Gasteiger charge is 2.14. The molecule has 0 saturated heterocycles. The van der Waals surface area contributed by atoms with Gasteiger partial charge in [0, 0.05) is 5.38 Å². The molecular formula is C12H7N3S. The van der Waals surface area contributed by atoms with E-state index in [1.54, 1.807) is 11.3 Å². The molecule has 0 aliphatic heterocycles. The minimum Gasteiger partial charge on any atom is -0.361 e. The maximum atomic E-state index is 7.24. The van der Waals surface area contributed by atoms with Crippen LogP contribution in [0.15, 0.2) is 41.9 Å². The number of benzene rings is 1. The molecule has 0 fully saturated rings. The number of hydrogen-bond acceptors (Lipinski definition) is 2. The van der Waals surface area contributed by atoms with Gasteiger partial charge in [0.1, 0.15) is 0 Å². The van der Waals surface area contributed by atoms with E-state index in [0.717, 1.165) is 16.2 Å². The standard InChI is InChI=1S/C12H7N3S/c1-13-11-10(9-5-3-2-4-6-9)14-12-15(11)7-8-16-12/h2-8H. The van der Waals surface area contributed by atoms with Crippen LogP contribution in [0, 0.1) is 6.57 Å². The fourth-order valence-electron chi connectivity index (χ4n) is 1.67. The molecule has 0 atom stereocenters. The van der Waals surface area contributed by atoms with Crippen molar-refractivity contribution in [2.45, 2.75) is 0 Å². The molecule has 4 heteroatoms. The maximum absolute atomic E-state index is 7.24. The Morgan fingerprint density at radius 2 is 2.06 bits per heavy atom. The first-order chi connectivity index (χ1) is 7.90. The summed E-state index contributed by atoms with van der Waals surface area (Å²) in [5.74, 6) is 0.586. The van der Waals surface area contributed by atoms with Crippen molar-refractivity contribution in [2.75, 3.05) is 0 Å². The molecule has 0 N–H and O–H groups in total. The van der Waals surface area contributed by atoms with Crippen LogP contribution < -0.4 is 0 Å².